The van der Waals surface area contributed by atoms with Crippen LogP contribution in [-0.4, -0.2) is 49.6 Å². The van der Waals surface area contributed by atoms with Crippen LogP contribution in [-0.2, 0) is 11.3 Å². The molecule has 0 bridgehead atoms. The fourth-order valence-electron chi connectivity index (χ4n) is 3.67. The van der Waals surface area contributed by atoms with E-state index in [0.29, 0.717) is 52.3 Å². The van der Waals surface area contributed by atoms with E-state index in [4.69, 9.17) is 15.6 Å². The number of rotatable bonds is 6. The van der Waals surface area contributed by atoms with Crippen LogP contribution >= 0.6 is 0 Å². The number of nitrogens with zero attached hydrogens (tertiary/aromatic N) is 2. The molecule has 0 amide bonds. The van der Waals surface area contributed by atoms with Crippen LogP contribution in [0.15, 0.2) is 53.3 Å². The van der Waals surface area contributed by atoms with E-state index in [1.807, 2.05) is 0 Å². The Bertz CT molecular complexity index is 1570. The lowest BCUT2D eigenvalue weighted by Crippen LogP contribution is -2.21. The van der Waals surface area contributed by atoms with Crippen LogP contribution in [0.25, 0.3) is 32.8 Å². The number of benzene rings is 3. The van der Waals surface area contributed by atoms with E-state index in [1.54, 1.807) is 24.3 Å². The van der Waals surface area contributed by atoms with Crippen LogP contribution in [0.2, 0.25) is 0 Å². The maximum absolute atomic E-state index is 12.7. The van der Waals surface area contributed by atoms with Gasteiger partial charge in [0.05, 0.1) is 10.4 Å². The Kier molecular flexibility index (Phi) is 7.62. The lowest BCUT2D eigenvalue weighted by molar-refractivity contribution is -0.384. The molecule has 14 heteroatoms. The van der Waals surface area contributed by atoms with Crippen LogP contribution in [0.1, 0.15) is 16.9 Å². The lowest BCUT2D eigenvalue weighted by atomic mass is 9.98. The third kappa shape index (κ3) is 5.75. The highest BCUT2D eigenvalue weighted by molar-refractivity contribution is 6.12. The Hall–Kier alpha value is -4.72. The number of nitro benzene ring substituents is 1. The number of hydrogen-bond donors (Lipinski definition) is 4. The normalized spacial score (nSPS) is 11.2. The van der Waals surface area contributed by atoms with Gasteiger partial charge < -0.3 is 15.9 Å². The maximum Gasteiger partial charge on any atom is 0.490 e. The van der Waals surface area contributed by atoms with Gasteiger partial charge >= 0.3 is 18.1 Å². The van der Waals surface area contributed by atoms with Gasteiger partial charge in [0, 0.05) is 35.0 Å². The second-order valence-corrected chi connectivity index (χ2v) is 7.73. The summed E-state index contributed by atoms with van der Waals surface area (Å²) in [4.78, 5) is 44.0. The summed E-state index contributed by atoms with van der Waals surface area (Å²) in [6, 6.07) is 12.3. The quantitative estimate of drug-likeness (QED) is 0.219. The molecule has 11 nitrogen and oxygen atoms in total. The number of aryl methyl sites for hydroxylation is 1. The summed E-state index contributed by atoms with van der Waals surface area (Å²) in [6.45, 7) is 0.824. The van der Waals surface area contributed by atoms with Crippen LogP contribution in [0.3, 0.4) is 0 Å². The second-order valence-electron chi connectivity index (χ2n) is 7.73. The number of non-ortho nitro benzene ring substituents is 1. The number of halogens is 3. The van der Waals surface area contributed by atoms with Crippen LogP contribution in [0.5, 0.6) is 0 Å². The van der Waals surface area contributed by atoms with Gasteiger partial charge in [-0.3, -0.25) is 24.7 Å². The highest BCUT2D eigenvalue weighted by Crippen LogP contribution is 2.30. The molecule has 0 spiro atoms. The van der Waals surface area contributed by atoms with Crippen molar-refractivity contribution < 1.29 is 37.9 Å². The molecule has 37 heavy (non-hydrogen) atoms. The molecule has 5 N–H and O–H groups in total. The first-order valence-electron chi connectivity index (χ1n) is 10.5. The average molecular weight is 520 g/mol. The Labute approximate surface area is 204 Å². The second kappa shape index (κ2) is 10.5. The fourth-order valence-corrected chi connectivity index (χ4v) is 3.67. The number of aromatic nitrogens is 2. The number of carboxylic acids is 2. The van der Waals surface area contributed by atoms with Crippen LogP contribution in [0, 0.1) is 10.1 Å². The molecule has 0 fully saturated rings. The monoisotopic (exact) mass is 520 g/mol. The van der Waals surface area contributed by atoms with Crippen molar-refractivity contribution in [3.05, 3.63) is 74.6 Å². The first kappa shape index (κ1) is 26.9. The number of H-pyrrole nitrogens is 1. The fraction of sp³-hybridized carbons (Fsp3) is 0.174. The number of aliphatic carboxylic acids is 1. The number of hydrogen-bond acceptors (Lipinski definition) is 6. The van der Waals surface area contributed by atoms with Gasteiger partial charge in [0.25, 0.3) is 5.69 Å². The van der Waals surface area contributed by atoms with Gasteiger partial charge in [-0.2, -0.15) is 13.2 Å². The molecule has 3 aromatic carbocycles. The third-order valence-corrected chi connectivity index (χ3v) is 5.29. The Morgan fingerprint density at radius 1 is 1.08 bits per heavy atom. The highest BCUT2D eigenvalue weighted by atomic mass is 19.4. The Morgan fingerprint density at radius 3 is 2.32 bits per heavy atom. The summed E-state index contributed by atoms with van der Waals surface area (Å²) in [5, 5.41) is 32.9. The van der Waals surface area contributed by atoms with Crippen molar-refractivity contribution in [1.82, 2.24) is 9.78 Å². The third-order valence-electron chi connectivity index (χ3n) is 5.29. The minimum absolute atomic E-state index is 0.113. The number of aromatic carboxylic acids is 1. The van der Waals surface area contributed by atoms with Gasteiger partial charge in [-0.25, -0.2) is 9.59 Å². The van der Waals surface area contributed by atoms with Gasteiger partial charge in [0.15, 0.2) is 11.1 Å². The molecular weight excluding hydrogens is 501 g/mol. The van der Waals surface area contributed by atoms with Crippen molar-refractivity contribution in [3.63, 3.8) is 0 Å². The summed E-state index contributed by atoms with van der Waals surface area (Å²) in [5.41, 5.74) is 6.60. The molecule has 194 valence electrons. The molecule has 0 aliphatic rings. The van der Waals surface area contributed by atoms with Gasteiger partial charge in [0.1, 0.15) is 0 Å². The van der Waals surface area contributed by atoms with Gasteiger partial charge in [-0.15, -0.1) is 0 Å². The van der Waals surface area contributed by atoms with E-state index in [2.05, 4.69) is 5.10 Å². The molecule has 0 aliphatic heterocycles. The zero-order valence-corrected chi connectivity index (χ0v) is 18.8. The van der Waals surface area contributed by atoms with Crippen molar-refractivity contribution >= 4 is 39.3 Å². The largest absolute Gasteiger partial charge is 0.490 e. The van der Waals surface area contributed by atoms with Crippen molar-refractivity contribution in [2.75, 3.05) is 6.54 Å². The summed E-state index contributed by atoms with van der Waals surface area (Å²) in [5.74, 6) is -3.83. The number of fused-ring (bicyclic) bond motifs is 3. The van der Waals surface area contributed by atoms with Crippen molar-refractivity contribution in [3.8, 4) is 11.1 Å². The Morgan fingerprint density at radius 2 is 1.76 bits per heavy atom. The molecule has 4 aromatic rings. The number of nitrogens with two attached hydrogens (primary N) is 1. The zero-order valence-electron chi connectivity index (χ0n) is 18.8. The van der Waals surface area contributed by atoms with E-state index >= 15 is 0 Å². The summed E-state index contributed by atoms with van der Waals surface area (Å²) < 4.78 is 33.3. The molecule has 0 atom stereocenters. The van der Waals surface area contributed by atoms with Crippen molar-refractivity contribution in [1.29, 1.82) is 0 Å². The molecular formula is C23H19F3N4O7. The van der Waals surface area contributed by atoms with E-state index in [-0.39, 0.29) is 16.8 Å². The van der Waals surface area contributed by atoms with Crippen LogP contribution < -0.4 is 11.2 Å². The lowest BCUT2D eigenvalue weighted by Gasteiger charge is -2.05. The summed E-state index contributed by atoms with van der Waals surface area (Å²) in [7, 11) is 0. The molecule has 0 radical (unpaired) electrons. The first-order chi connectivity index (χ1) is 17.3. The molecule has 0 unspecified atom stereocenters. The minimum Gasteiger partial charge on any atom is -0.477 e. The van der Waals surface area contributed by atoms with Crippen molar-refractivity contribution in [2.24, 2.45) is 5.73 Å². The standard InChI is InChI=1S/C21H18N4O5.C2HF3O2/c22-7-2-8-24-20(21(27)28)15-6-5-13-10-18(26)16(11-17(13)19(15)23-24)12-3-1-4-14(9-12)25(29)30;3-2(4,5)1(6)7/h1,3-6,9-11,23H,2,7-8,22H2,(H,27,28);(H,6,7). The van der Waals surface area contributed by atoms with E-state index in [0.717, 1.165) is 0 Å². The predicted octanol–water partition coefficient (Wildman–Crippen LogP) is 3.74. The number of alkyl halides is 3. The molecule has 0 saturated carbocycles. The molecule has 1 heterocycles. The van der Waals surface area contributed by atoms with E-state index in [1.165, 1.54) is 28.9 Å². The zero-order chi connectivity index (χ0) is 27.5. The molecule has 0 saturated heterocycles. The number of carbonyl (C=O) groups is 2. The van der Waals surface area contributed by atoms with Gasteiger partial charge in [-0.1, -0.05) is 18.2 Å². The summed E-state index contributed by atoms with van der Waals surface area (Å²) in [6.07, 6.45) is -4.49. The van der Waals surface area contributed by atoms with Crippen molar-refractivity contribution in [2.45, 2.75) is 19.1 Å². The molecule has 4 rings (SSSR count). The SMILES string of the molecule is NCCCn1[nH]c2c(ccc3cc(=O)c(-c4cccc([N+](=O)[O-])c4)cc32)c1C(=O)O.O=C(O)C(F)(F)F. The molecule has 1 aromatic heterocycles. The van der Waals surface area contributed by atoms with Gasteiger partial charge in [0.2, 0.25) is 0 Å². The minimum atomic E-state index is -5.08. The van der Waals surface area contributed by atoms with E-state index < -0.39 is 23.0 Å². The smallest absolute Gasteiger partial charge is 0.477 e. The van der Waals surface area contributed by atoms with Gasteiger partial charge in [-0.05, 0) is 42.1 Å². The number of carboxylic acid groups (broad SMARTS) is 2. The topological polar surface area (TPSA) is 182 Å². The highest BCUT2D eigenvalue weighted by Gasteiger charge is 2.38. The maximum atomic E-state index is 12.7. The number of aromatic amines is 1. The van der Waals surface area contributed by atoms with E-state index in [9.17, 15) is 38.0 Å². The van der Waals surface area contributed by atoms with Crippen LogP contribution in [0.4, 0.5) is 18.9 Å². The summed E-state index contributed by atoms with van der Waals surface area (Å²) >= 11 is 0. The number of nitro groups is 1. The number of nitrogens with one attached hydrogen (secondary N) is 1. The Balaban J connectivity index is 0.000000479. The first-order valence-corrected chi connectivity index (χ1v) is 10.5. The predicted molar refractivity (Wildman–Crippen MR) is 126 cm³/mol. The molecule has 0 aliphatic carbocycles. The average Bonchev–Trinajstić information content (AvgIpc) is 3.21.